The van der Waals surface area contributed by atoms with Gasteiger partial charge in [0.1, 0.15) is 0 Å². The molecule has 0 radical (unpaired) electrons. The highest BCUT2D eigenvalue weighted by Crippen LogP contribution is 1.96. The number of amides is 1. The van der Waals surface area contributed by atoms with Crippen molar-refractivity contribution < 1.29 is 19.7 Å². The van der Waals surface area contributed by atoms with Crippen molar-refractivity contribution in [3.63, 3.8) is 0 Å². The molecule has 1 aromatic carbocycles. The molecule has 0 aliphatic rings. The van der Waals surface area contributed by atoms with Crippen molar-refractivity contribution in [3.05, 3.63) is 29.8 Å². The van der Waals surface area contributed by atoms with Crippen molar-refractivity contribution in [1.29, 1.82) is 0 Å². The summed E-state index contributed by atoms with van der Waals surface area (Å²) >= 11 is 0. The minimum atomic E-state index is -1.52. The van der Waals surface area contributed by atoms with Crippen LogP contribution in [0, 0.1) is 0 Å². The molecule has 74 valence electrons. The summed E-state index contributed by atoms with van der Waals surface area (Å²) in [7, 11) is -0.182. The zero-order chi connectivity index (χ0) is 10.6. The van der Waals surface area contributed by atoms with E-state index < -0.39 is 7.12 Å². The summed E-state index contributed by atoms with van der Waals surface area (Å²) in [6.07, 6.45) is 0. The number of rotatable bonds is 3. The summed E-state index contributed by atoms with van der Waals surface area (Å²) in [4.78, 5) is 15.6. The molecule has 0 heterocycles. The number of hydrogen-bond acceptors (Lipinski definition) is 4. The number of benzene rings is 1. The summed E-state index contributed by atoms with van der Waals surface area (Å²) < 4.78 is 0. The van der Waals surface area contributed by atoms with Gasteiger partial charge in [-0.1, -0.05) is 12.1 Å². The maximum atomic E-state index is 11.2. The third-order valence-electron chi connectivity index (χ3n) is 1.67. The van der Waals surface area contributed by atoms with Crippen LogP contribution in [0.15, 0.2) is 24.3 Å². The Kier molecular flexibility index (Phi) is 3.64. The van der Waals surface area contributed by atoms with Crippen LogP contribution in [-0.2, 0) is 4.84 Å². The number of carbonyl (C=O) groups excluding carboxylic acids is 1. The van der Waals surface area contributed by atoms with Gasteiger partial charge in [-0.05, 0) is 17.6 Å². The van der Waals surface area contributed by atoms with Crippen LogP contribution in [0.5, 0.6) is 0 Å². The van der Waals surface area contributed by atoms with Gasteiger partial charge < -0.3 is 10.0 Å². The van der Waals surface area contributed by atoms with Crippen molar-refractivity contribution in [2.45, 2.75) is 0 Å². The van der Waals surface area contributed by atoms with Crippen molar-refractivity contribution in [1.82, 2.24) is 5.48 Å². The normalized spacial score (nSPS) is 9.64. The maximum Gasteiger partial charge on any atom is 0.488 e. The lowest BCUT2D eigenvalue weighted by atomic mass is 9.80. The second kappa shape index (κ2) is 4.76. The van der Waals surface area contributed by atoms with E-state index in [9.17, 15) is 4.79 Å². The Balaban J connectivity index is 2.78. The zero-order valence-corrected chi connectivity index (χ0v) is 7.60. The lowest BCUT2D eigenvalue weighted by Crippen LogP contribution is -2.30. The third-order valence-corrected chi connectivity index (χ3v) is 1.67. The minimum Gasteiger partial charge on any atom is -0.423 e. The van der Waals surface area contributed by atoms with Gasteiger partial charge in [0.05, 0.1) is 7.11 Å². The monoisotopic (exact) mass is 195 g/mol. The molecule has 1 rings (SSSR count). The fraction of sp³-hybridized carbons (Fsp3) is 0.125. The van der Waals surface area contributed by atoms with Crippen LogP contribution in [0.2, 0.25) is 0 Å². The van der Waals surface area contributed by atoms with Crippen LogP contribution < -0.4 is 10.9 Å². The second-order valence-corrected chi connectivity index (χ2v) is 2.63. The predicted octanol–water partition coefficient (Wildman–Crippen LogP) is -1.34. The lowest BCUT2D eigenvalue weighted by molar-refractivity contribution is 0.0537. The molecule has 0 aromatic heterocycles. The highest BCUT2D eigenvalue weighted by molar-refractivity contribution is 6.58. The van der Waals surface area contributed by atoms with Crippen molar-refractivity contribution >= 4 is 18.5 Å². The third kappa shape index (κ3) is 2.56. The molecule has 0 spiro atoms. The Hall–Kier alpha value is -1.37. The summed E-state index contributed by atoms with van der Waals surface area (Å²) in [6, 6.07) is 5.86. The molecule has 0 aliphatic heterocycles. The molecular weight excluding hydrogens is 185 g/mol. The SMILES string of the molecule is CONC(=O)c1ccc(B(O)O)cc1. The van der Waals surface area contributed by atoms with E-state index >= 15 is 0 Å². The number of nitrogens with one attached hydrogen (secondary N) is 1. The molecule has 0 unspecified atom stereocenters. The van der Waals surface area contributed by atoms with E-state index in [1.54, 1.807) is 0 Å². The maximum absolute atomic E-state index is 11.2. The van der Waals surface area contributed by atoms with E-state index in [1.807, 2.05) is 0 Å². The quantitative estimate of drug-likeness (QED) is 0.411. The molecule has 0 bridgehead atoms. The first-order chi connectivity index (χ1) is 6.65. The van der Waals surface area contributed by atoms with Gasteiger partial charge in [-0.25, -0.2) is 5.48 Å². The highest BCUT2D eigenvalue weighted by atomic mass is 16.6. The van der Waals surface area contributed by atoms with E-state index in [1.165, 1.54) is 31.4 Å². The molecule has 3 N–H and O–H groups in total. The van der Waals surface area contributed by atoms with Crippen LogP contribution in [-0.4, -0.2) is 30.2 Å². The molecule has 0 saturated carbocycles. The molecule has 0 aliphatic carbocycles. The summed E-state index contributed by atoms with van der Waals surface area (Å²) in [5.41, 5.74) is 2.86. The number of carbonyl (C=O) groups is 1. The fourth-order valence-electron chi connectivity index (χ4n) is 0.958. The van der Waals surface area contributed by atoms with Crippen LogP contribution in [0.25, 0.3) is 0 Å². The number of hydroxylamine groups is 1. The Labute approximate surface area is 81.4 Å². The molecule has 1 amide bonds. The van der Waals surface area contributed by atoms with Crippen LogP contribution in [0.1, 0.15) is 10.4 Å². The van der Waals surface area contributed by atoms with Gasteiger partial charge in [-0.3, -0.25) is 9.63 Å². The molecule has 0 atom stereocenters. The van der Waals surface area contributed by atoms with Gasteiger partial charge in [-0.2, -0.15) is 0 Å². The molecule has 6 heteroatoms. The topological polar surface area (TPSA) is 78.8 Å². The summed E-state index contributed by atoms with van der Waals surface area (Å²) in [5.74, 6) is -0.383. The van der Waals surface area contributed by atoms with Crippen molar-refractivity contribution in [2.75, 3.05) is 7.11 Å². The Morgan fingerprint density at radius 1 is 1.36 bits per heavy atom. The van der Waals surface area contributed by atoms with Crippen molar-refractivity contribution in [2.24, 2.45) is 0 Å². The summed E-state index contributed by atoms with van der Waals surface area (Å²) in [6.45, 7) is 0. The first-order valence-corrected chi connectivity index (χ1v) is 3.94. The van der Waals surface area contributed by atoms with E-state index in [4.69, 9.17) is 10.0 Å². The highest BCUT2D eigenvalue weighted by Gasteiger charge is 2.11. The summed E-state index contributed by atoms with van der Waals surface area (Å²) in [5, 5.41) is 17.6. The van der Waals surface area contributed by atoms with Crippen LogP contribution in [0.3, 0.4) is 0 Å². The van der Waals surface area contributed by atoms with Gasteiger partial charge in [0, 0.05) is 5.56 Å². The minimum absolute atomic E-state index is 0.332. The Morgan fingerprint density at radius 3 is 2.36 bits per heavy atom. The molecular formula is C8H10BNO4. The van der Waals surface area contributed by atoms with Crippen LogP contribution in [0.4, 0.5) is 0 Å². The van der Waals surface area contributed by atoms with Gasteiger partial charge in [0.15, 0.2) is 0 Å². The second-order valence-electron chi connectivity index (χ2n) is 2.63. The van der Waals surface area contributed by atoms with E-state index in [0.29, 0.717) is 11.0 Å². The molecule has 1 aromatic rings. The van der Waals surface area contributed by atoms with Gasteiger partial charge >= 0.3 is 7.12 Å². The average Bonchev–Trinajstić information content (AvgIpc) is 2.18. The molecule has 0 fully saturated rings. The van der Waals surface area contributed by atoms with Gasteiger partial charge in [-0.15, -0.1) is 0 Å². The van der Waals surface area contributed by atoms with Crippen LogP contribution >= 0.6 is 0 Å². The largest absolute Gasteiger partial charge is 0.488 e. The van der Waals surface area contributed by atoms with E-state index in [2.05, 4.69) is 10.3 Å². The zero-order valence-electron chi connectivity index (χ0n) is 7.60. The lowest BCUT2D eigenvalue weighted by Gasteiger charge is -2.03. The molecule has 5 nitrogen and oxygen atoms in total. The Morgan fingerprint density at radius 2 is 1.93 bits per heavy atom. The molecule has 14 heavy (non-hydrogen) atoms. The van der Waals surface area contributed by atoms with Crippen molar-refractivity contribution in [3.8, 4) is 0 Å². The van der Waals surface area contributed by atoms with E-state index in [0.717, 1.165) is 0 Å². The van der Waals surface area contributed by atoms with Gasteiger partial charge in [0.2, 0.25) is 0 Å². The number of hydrogen-bond donors (Lipinski definition) is 3. The predicted molar refractivity (Wildman–Crippen MR) is 50.7 cm³/mol. The smallest absolute Gasteiger partial charge is 0.423 e. The average molecular weight is 195 g/mol. The Bertz CT molecular complexity index is 312. The van der Waals surface area contributed by atoms with Gasteiger partial charge in [0.25, 0.3) is 5.91 Å². The van der Waals surface area contributed by atoms with E-state index in [-0.39, 0.29) is 5.91 Å². The first-order valence-electron chi connectivity index (χ1n) is 3.94. The first kappa shape index (κ1) is 10.7. The fourth-order valence-corrected chi connectivity index (χ4v) is 0.958. The standard InChI is InChI=1S/C8H10BNO4/c1-14-10-8(11)6-2-4-7(5-3-6)9(12)13/h2-5,12-13H,1H3,(H,10,11). The molecule has 0 saturated heterocycles.